The zero-order chi connectivity index (χ0) is 21.7. The molecule has 168 valence electrons. The van der Waals surface area contributed by atoms with E-state index in [0.717, 1.165) is 57.7 Å². The molecule has 0 N–H and O–H groups in total. The fourth-order valence-corrected chi connectivity index (χ4v) is 4.51. The molecule has 1 fully saturated rings. The van der Waals surface area contributed by atoms with Gasteiger partial charge in [-0.3, -0.25) is 4.79 Å². The smallest absolute Gasteiger partial charge is 0.343 e. The van der Waals surface area contributed by atoms with Crippen LogP contribution in [0.25, 0.3) is 0 Å². The number of ether oxygens (including phenoxy) is 2. The molecule has 1 unspecified atom stereocenters. The molecule has 0 spiro atoms. The number of likely N-dealkylation sites (tertiary alicyclic amines) is 1. The Morgan fingerprint density at radius 1 is 1.23 bits per heavy atom. The van der Waals surface area contributed by atoms with Crippen molar-refractivity contribution in [2.45, 2.75) is 46.1 Å². The number of methoxy groups -OCH3 is 1. The summed E-state index contributed by atoms with van der Waals surface area (Å²) in [4.78, 5) is 30.3. The summed E-state index contributed by atoms with van der Waals surface area (Å²) >= 11 is 0. The average molecular weight is 420 g/mol. The van der Waals surface area contributed by atoms with Gasteiger partial charge in [-0.05, 0) is 45.3 Å². The predicted octanol–water partition coefficient (Wildman–Crippen LogP) is 2.26. The minimum Gasteiger partial charge on any atom is -0.492 e. The van der Waals surface area contributed by atoms with Crippen molar-refractivity contribution >= 4 is 5.97 Å². The highest BCUT2D eigenvalue weighted by Crippen LogP contribution is 2.26. The van der Waals surface area contributed by atoms with E-state index in [1.165, 1.54) is 13.2 Å². The third-order valence-corrected chi connectivity index (χ3v) is 6.29. The topological polar surface area (TPSA) is 64.0 Å². The van der Waals surface area contributed by atoms with Gasteiger partial charge >= 0.3 is 5.97 Å². The van der Waals surface area contributed by atoms with Crippen LogP contribution in [0.4, 0.5) is 0 Å². The summed E-state index contributed by atoms with van der Waals surface area (Å²) in [6.45, 7) is 10.3. The lowest BCUT2D eigenvalue weighted by molar-refractivity contribution is 0.0590. The van der Waals surface area contributed by atoms with Crippen molar-refractivity contribution in [2.75, 3.05) is 53.5 Å². The second-order valence-corrected chi connectivity index (χ2v) is 9.17. The molecule has 3 heterocycles. The summed E-state index contributed by atoms with van der Waals surface area (Å²) in [5.41, 5.74) is 1.07. The number of hydrogen-bond acceptors (Lipinski definition) is 6. The molecule has 0 radical (unpaired) electrons. The molecule has 0 bridgehead atoms. The largest absolute Gasteiger partial charge is 0.492 e. The molecule has 0 saturated carbocycles. The lowest BCUT2D eigenvalue weighted by Crippen LogP contribution is -2.35. The molecule has 7 heteroatoms. The van der Waals surface area contributed by atoms with Crippen molar-refractivity contribution in [2.24, 2.45) is 11.8 Å². The van der Waals surface area contributed by atoms with E-state index in [-0.39, 0.29) is 5.56 Å². The molecular weight excluding hydrogens is 382 g/mol. The molecule has 0 amide bonds. The fourth-order valence-electron chi connectivity index (χ4n) is 4.51. The van der Waals surface area contributed by atoms with Gasteiger partial charge in [-0.2, -0.15) is 0 Å². The maximum Gasteiger partial charge on any atom is 0.343 e. The third-order valence-electron chi connectivity index (χ3n) is 6.29. The Bertz CT molecular complexity index is 789. The van der Waals surface area contributed by atoms with Gasteiger partial charge in [-0.1, -0.05) is 13.8 Å². The number of carbonyl (C=O) groups excluding carboxylic acids is 1. The van der Waals surface area contributed by atoms with Gasteiger partial charge in [0.15, 0.2) is 0 Å². The zero-order valence-corrected chi connectivity index (χ0v) is 19.0. The Morgan fingerprint density at radius 3 is 2.73 bits per heavy atom. The zero-order valence-electron chi connectivity index (χ0n) is 19.0. The van der Waals surface area contributed by atoms with Crippen molar-refractivity contribution < 1.29 is 14.3 Å². The maximum atomic E-state index is 12.9. The van der Waals surface area contributed by atoms with Crippen LogP contribution in [-0.4, -0.2) is 73.8 Å². The van der Waals surface area contributed by atoms with E-state index in [0.29, 0.717) is 42.7 Å². The average Bonchev–Trinajstić information content (AvgIpc) is 2.93. The maximum absolute atomic E-state index is 12.9. The van der Waals surface area contributed by atoms with Gasteiger partial charge in [-0.25, -0.2) is 4.79 Å². The second kappa shape index (κ2) is 10.4. The highest BCUT2D eigenvalue weighted by atomic mass is 16.5. The van der Waals surface area contributed by atoms with Crippen molar-refractivity contribution in [3.63, 3.8) is 0 Å². The SMILES string of the molecule is COC(=O)c1c(OCC2CCCN(C)C2)cc(=O)n2c1CCN(CCC(C)C)CC2. The normalized spacial score (nSPS) is 20.6. The number of aromatic nitrogens is 1. The molecule has 1 aromatic heterocycles. The van der Waals surface area contributed by atoms with E-state index in [2.05, 4.69) is 30.7 Å². The van der Waals surface area contributed by atoms with Crippen LogP contribution in [0.2, 0.25) is 0 Å². The van der Waals surface area contributed by atoms with Gasteiger partial charge in [0.2, 0.25) is 0 Å². The number of carbonyl (C=O) groups is 1. The standard InChI is InChI=1S/C23H37N3O4/c1-17(2)7-10-25-11-8-19-22(23(28)29-4)20(14-21(27)26(19)13-12-25)30-16-18-6-5-9-24(3)15-18/h14,17-18H,5-13,15-16H2,1-4H3. The molecule has 0 aromatic carbocycles. The van der Waals surface area contributed by atoms with E-state index in [1.807, 2.05) is 0 Å². The van der Waals surface area contributed by atoms with Crippen molar-refractivity contribution in [1.29, 1.82) is 0 Å². The Labute approximate surface area is 179 Å². The van der Waals surface area contributed by atoms with E-state index in [1.54, 1.807) is 4.57 Å². The predicted molar refractivity (Wildman–Crippen MR) is 117 cm³/mol. The minimum absolute atomic E-state index is 0.0980. The lowest BCUT2D eigenvalue weighted by atomic mass is 9.99. The Kier molecular flexibility index (Phi) is 7.94. The number of pyridine rings is 1. The van der Waals surface area contributed by atoms with Crippen molar-refractivity contribution in [1.82, 2.24) is 14.4 Å². The molecule has 30 heavy (non-hydrogen) atoms. The minimum atomic E-state index is -0.426. The van der Waals surface area contributed by atoms with Crippen LogP contribution in [-0.2, 0) is 17.7 Å². The first-order valence-corrected chi connectivity index (χ1v) is 11.3. The molecule has 1 atom stereocenters. The molecule has 3 rings (SSSR count). The summed E-state index contributed by atoms with van der Waals surface area (Å²) < 4.78 is 12.9. The third kappa shape index (κ3) is 5.64. The summed E-state index contributed by atoms with van der Waals surface area (Å²) in [5, 5.41) is 0. The Balaban J connectivity index is 1.82. The van der Waals surface area contributed by atoms with Crippen LogP contribution in [0.15, 0.2) is 10.9 Å². The van der Waals surface area contributed by atoms with E-state index in [4.69, 9.17) is 9.47 Å². The van der Waals surface area contributed by atoms with Crippen LogP contribution in [0, 0.1) is 11.8 Å². The van der Waals surface area contributed by atoms with Crippen molar-refractivity contribution in [3.8, 4) is 5.75 Å². The van der Waals surface area contributed by atoms with Gasteiger partial charge in [0.05, 0.1) is 13.7 Å². The molecular formula is C23H37N3O4. The summed E-state index contributed by atoms with van der Waals surface area (Å²) in [5.74, 6) is 0.997. The monoisotopic (exact) mass is 419 g/mol. The Morgan fingerprint density at radius 2 is 2.03 bits per heavy atom. The van der Waals surface area contributed by atoms with Gasteiger partial charge in [-0.15, -0.1) is 0 Å². The van der Waals surface area contributed by atoms with Crippen molar-refractivity contribution in [3.05, 3.63) is 27.7 Å². The summed E-state index contributed by atoms with van der Waals surface area (Å²) in [7, 11) is 3.50. The first kappa shape index (κ1) is 22.8. The first-order valence-electron chi connectivity index (χ1n) is 11.3. The number of piperidine rings is 1. The number of fused-ring (bicyclic) bond motifs is 1. The van der Waals surface area contributed by atoms with Gasteiger partial charge in [0, 0.05) is 50.3 Å². The number of nitrogens with zero attached hydrogens (tertiary/aromatic N) is 3. The lowest BCUT2D eigenvalue weighted by Gasteiger charge is -2.29. The summed E-state index contributed by atoms with van der Waals surface area (Å²) in [6.07, 6.45) is 4.01. The fraction of sp³-hybridized carbons (Fsp3) is 0.739. The first-order chi connectivity index (χ1) is 14.4. The van der Waals surface area contributed by atoms with Gasteiger partial charge in [0.25, 0.3) is 5.56 Å². The molecule has 1 saturated heterocycles. The van der Waals surface area contributed by atoms with Crippen LogP contribution in [0.3, 0.4) is 0 Å². The molecule has 2 aliphatic heterocycles. The van der Waals surface area contributed by atoms with E-state index in [9.17, 15) is 9.59 Å². The summed E-state index contributed by atoms with van der Waals surface area (Å²) in [6, 6.07) is 1.48. The van der Waals surface area contributed by atoms with Crippen LogP contribution >= 0.6 is 0 Å². The second-order valence-electron chi connectivity index (χ2n) is 9.17. The molecule has 7 nitrogen and oxygen atoms in total. The highest BCUT2D eigenvalue weighted by Gasteiger charge is 2.27. The number of rotatable bonds is 7. The van der Waals surface area contributed by atoms with E-state index < -0.39 is 5.97 Å². The van der Waals surface area contributed by atoms with Crippen LogP contribution in [0.1, 0.15) is 49.2 Å². The molecule has 2 aliphatic rings. The van der Waals surface area contributed by atoms with Crippen LogP contribution in [0.5, 0.6) is 5.75 Å². The quantitative estimate of drug-likeness (QED) is 0.632. The van der Waals surface area contributed by atoms with Crippen LogP contribution < -0.4 is 10.3 Å². The Hall–Kier alpha value is -1.86. The number of hydrogen-bond donors (Lipinski definition) is 0. The molecule has 1 aromatic rings. The highest BCUT2D eigenvalue weighted by molar-refractivity contribution is 5.93. The van der Waals surface area contributed by atoms with Gasteiger partial charge < -0.3 is 23.8 Å². The van der Waals surface area contributed by atoms with E-state index >= 15 is 0 Å². The molecule has 0 aliphatic carbocycles. The number of esters is 1. The van der Waals surface area contributed by atoms with Gasteiger partial charge in [0.1, 0.15) is 11.3 Å².